The highest BCUT2D eigenvalue weighted by Crippen LogP contribution is 2.14. The van der Waals surface area contributed by atoms with Gasteiger partial charge in [0.15, 0.2) is 6.10 Å². The van der Waals surface area contributed by atoms with Gasteiger partial charge in [0.25, 0.3) is 0 Å². The van der Waals surface area contributed by atoms with Gasteiger partial charge in [0, 0.05) is 19.3 Å². The molecule has 0 aliphatic carbocycles. The third-order valence-electron chi connectivity index (χ3n) is 13.4. The Morgan fingerprint density at radius 3 is 0.771 bits per heavy atom. The molecule has 0 saturated heterocycles. The van der Waals surface area contributed by atoms with Gasteiger partial charge in [-0.3, -0.25) is 14.4 Å². The first-order valence-electron chi connectivity index (χ1n) is 33.3. The largest absolute Gasteiger partial charge is 0.462 e. The number of unbranched alkanes of at least 4 members (excludes halogenated alkanes) is 17. The molecule has 0 amide bonds. The first kappa shape index (κ1) is 77.5. The van der Waals surface area contributed by atoms with Crippen molar-refractivity contribution in [1.82, 2.24) is 0 Å². The Hall–Kier alpha value is -5.49. The highest BCUT2D eigenvalue weighted by Gasteiger charge is 2.19. The van der Waals surface area contributed by atoms with Crippen LogP contribution in [0, 0.1) is 0 Å². The molecule has 0 bridgehead atoms. The van der Waals surface area contributed by atoms with Crippen molar-refractivity contribution in [2.45, 2.75) is 271 Å². The van der Waals surface area contributed by atoms with Crippen molar-refractivity contribution in [2.75, 3.05) is 13.2 Å². The number of carbonyl (C=O) groups is 3. The molecule has 0 aromatic carbocycles. The Kier molecular flexibility index (Phi) is 64.4. The molecule has 0 radical (unpaired) electrons. The van der Waals surface area contributed by atoms with Crippen LogP contribution in [0.2, 0.25) is 0 Å². The lowest BCUT2D eigenvalue weighted by atomic mass is 10.0. The van der Waals surface area contributed by atoms with Gasteiger partial charge >= 0.3 is 17.9 Å². The van der Waals surface area contributed by atoms with E-state index in [-0.39, 0.29) is 37.5 Å². The summed E-state index contributed by atoms with van der Waals surface area (Å²) in [7, 11) is 0. The summed E-state index contributed by atoms with van der Waals surface area (Å²) in [6, 6.07) is 0. The molecule has 83 heavy (non-hydrogen) atoms. The lowest BCUT2D eigenvalue weighted by molar-refractivity contribution is -0.167. The number of rotatable bonds is 58. The summed E-state index contributed by atoms with van der Waals surface area (Å²) in [6.07, 6.45) is 103. The van der Waals surface area contributed by atoms with E-state index in [1.165, 1.54) is 64.2 Å². The van der Waals surface area contributed by atoms with Crippen LogP contribution in [0.5, 0.6) is 0 Å². The van der Waals surface area contributed by atoms with Crippen molar-refractivity contribution < 1.29 is 28.6 Å². The van der Waals surface area contributed by atoms with Crippen LogP contribution in [0.4, 0.5) is 0 Å². The molecule has 0 rings (SSSR count). The van der Waals surface area contributed by atoms with E-state index in [4.69, 9.17) is 14.2 Å². The van der Waals surface area contributed by atoms with Crippen LogP contribution < -0.4 is 0 Å². The van der Waals surface area contributed by atoms with Gasteiger partial charge in [-0.25, -0.2) is 0 Å². The van der Waals surface area contributed by atoms with E-state index >= 15 is 0 Å². The molecular formula is C77H120O6. The SMILES string of the molecule is CC/C=C\C/C=C\C/C=C\C/C=C\C/C=C\C/C=C\C/C=C\C/C=C\CCCCCCC(=O)OCC(COC(=O)CCCCCCCCCCCCCCC)OC(=O)CCC/C=C\C/C=C\C/C=C\C/C=C\C/C=C\C/C=C\C/C=C\CC. The average Bonchev–Trinajstić information content (AvgIpc) is 3.49. The van der Waals surface area contributed by atoms with Crippen molar-refractivity contribution in [1.29, 1.82) is 0 Å². The fourth-order valence-electron chi connectivity index (χ4n) is 8.51. The maximum Gasteiger partial charge on any atom is 0.306 e. The van der Waals surface area contributed by atoms with Gasteiger partial charge in [0.05, 0.1) is 0 Å². The molecule has 0 heterocycles. The Morgan fingerprint density at radius 2 is 0.482 bits per heavy atom. The van der Waals surface area contributed by atoms with Crippen LogP contribution in [-0.2, 0) is 28.6 Å². The fourth-order valence-corrected chi connectivity index (χ4v) is 8.51. The van der Waals surface area contributed by atoms with E-state index < -0.39 is 6.10 Å². The van der Waals surface area contributed by atoms with Crippen molar-refractivity contribution in [3.05, 3.63) is 182 Å². The molecule has 0 fully saturated rings. The lowest BCUT2D eigenvalue weighted by Gasteiger charge is -2.18. The number of hydrogen-bond donors (Lipinski definition) is 0. The van der Waals surface area contributed by atoms with Crippen LogP contribution in [-0.4, -0.2) is 37.2 Å². The standard InChI is InChI=1S/C77H120O6/c1-4-7-10-13-16-19-22-25-27-29-31-33-35-36-37-38-39-40-42-43-45-47-49-52-55-58-61-64-67-70-76(79)82-73-74(72-81-75(78)69-66-63-60-57-54-51-24-21-18-15-12-9-6-3)83-77(80)71-68-65-62-59-56-53-50-48-46-44-41-34-32-30-28-26-23-20-17-14-11-8-5-2/h7-8,10-11,16-17,19-20,25-28,31-34,36-37,39-40,43-46,49-50,52-53,59,62,74H,4-6,9,12-15,18,21-24,29-30,35,38,41-42,47-48,51,54-58,60-61,63-73H2,1-3H3/b10-7-,11-8-,19-16-,20-17-,27-25-,28-26-,33-31-,34-32-,37-36-,40-39-,45-43-,46-44-,52-49-,53-50-,62-59-. The lowest BCUT2D eigenvalue weighted by Crippen LogP contribution is -2.30. The summed E-state index contributed by atoms with van der Waals surface area (Å²) in [4.78, 5) is 38.3. The number of allylic oxidation sites excluding steroid dienone is 30. The molecule has 0 aliphatic heterocycles. The van der Waals surface area contributed by atoms with E-state index in [0.29, 0.717) is 19.3 Å². The molecule has 0 N–H and O–H groups in total. The van der Waals surface area contributed by atoms with Gasteiger partial charge in [-0.05, 0) is 135 Å². The Bertz CT molecular complexity index is 1940. The minimum absolute atomic E-state index is 0.116. The van der Waals surface area contributed by atoms with Crippen LogP contribution >= 0.6 is 0 Å². The van der Waals surface area contributed by atoms with Crippen molar-refractivity contribution in [2.24, 2.45) is 0 Å². The first-order chi connectivity index (χ1) is 41.0. The Balaban J connectivity index is 4.51. The molecule has 6 nitrogen and oxygen atoms in total. The number of hydrogen-bond acceptors (Lipinski definition) is 6. The maximum absolute atomic E-state index is 12.9. The monoisotopic (exact) mass is 1140 g/mol. The molecule has 0 saturated carbocycles. The molecule has 1 unspecified atom stereocenters. The fraction of sp³-hybridized carbons (Fsp3) is 0.571. The molecule has 0 aromatic rings. The second kappa shape index (κ2) is 69.0. The van der Waals surface area contributed by atoms with E-state index in [1.54, 1.807) is 0 Å². The van der Waals surface area contributed by atoms with Gasteiger partial charge < -0.3 is 14.2 Å². The minimum Gasteiger partial charge on any atom is -0.462 e. The predicted molar refractivity (Wildman–Crippen MR) is 361 cm³/mol. The number of esters is 3. The van der Waals surface area contributed by atoms with E-state index in [0.717, 1.165) is 154 Å². The molecule has 464 valence electrons. The first-order valence-corrected chi connectivity index (χ1v) is 33.3. The van der Waals surface area contributed by atoms with Gasteiger partial charge in [-0.15, -0.1) is 0 Å². The average molecular weight is 1140 g/mol. The zero-order valence-corrected chi connectivity index (χ0v) is 53.1. The van der Waals surface area contributed by atoms with Crippen LogP contribution in [0.1, 0.15) is 265 Å². The summed E-state index contributed by atoms with van der Waals surface area (Å²) in [5, 5.41) is 0. The van der Waals surface area contributed by atoms with Crippen molar-refractivity contribution in [3.63, 3.8) is 0 Å². The van der Waals surface area contributed by atoms with E-state index in [1.807, 2.05) is 0 Å². The highest BCUT2D eigenvalue weighted by molar-refractivity contribution is 5.71. The third kappa shape index (κ3) is 67.2. The van der Waals surface area contributed by atoms with Crippen LogP contribution in [0.3, 0.4) is 0 Å². The van der Waals surface area contributed by atoms with Crippen LogP contribution in [0.15, 0.2) is 182 Å². The van der Waals surface area contributed by atoms with Gasteiger partial charge in [-0.2, -0.15) is 0 Å². The Labute approximate surface area is 510 Å². The third-order valence-corrected chi connectivity index (χ3v) is 13.4. The Morgan fingerprint density at radius 1 is 0.253 bits per heavy atom. The molecule has 0 spiro atoms. The quantitative estimate of drug-likeness (QED) is 0.0261. The minimum atomic E-state index is -0.830. The van der Waals surface area contributed by atoms with Gasteiger partial charge in [-0.1, -0.05) is 293 Å². The highest BCUT2D eigenvalue weighted by atomic mass is 16.6. The summed E-state index contributed by atoms with van der Waals surface area (Å²) >= 11 is 0. The smallest absolute Gasteiger partial charge is 0.306 e. The molecular weight excluding hydrogens is 1020 g/mol. The van der Waals surface area contributed by atoms with Gasteiger partial charge in [0.1, 0.15) is 13.2 Å². The maximum atomic E-state index is 12.9. The summed E-state index contributed by atoms with van der Waals surface area (Å²) < 4.78 is 16.9. The number of carbonyl (C=O) groups excluding carboxylic acids is 3. The normalized spacial score (nSPS) is 13.3. The zero-order valence-electron chi connectivity index (χ0n) is 53.1. The predicted octanol–water partition coefficient (Wildman–Crippen LogP) is 23.2. The summed E-state index contributed by atoms with van der Waals surface area (Å²) in [6.45, 7) is 6.34. The second-order valence-electron chi connectivity index (χ2n) is 21.3. The second-order valence-corrected chi connectivity index (χ2v) is 21.3. The molecule has 6 heteroatoms. The molecule has 0 aromatic heterocycles. The zero-order chi connectivity index (χ0) is 59.9. The topological polar surface area (TPSA) is 78.9 Å². The molecule has 0 aliphatic rings. The molecule has 1 atom stereocenters. The number of ether oxygens (including phenoxy) is 3. The van der Waals surface area contributed by atoms with Crippen LogP contribution in [0.25, 0.3) is 0 Å². The van der Waals surface area contributed by atoms with Crippen molar-refractivity contribution >= 4 is 17.9 Å². The van der Waals surface area contributed by atoms with Crippen molar-refractivity contribution in [3.8, 4) is 0 Å². The van der Waals surface area contributed by atoms with Gasteiger partial charge in [0.2, 0.25) is 0 Å². The summed E-state index contributed by atoms with van der Waals surface area (Å²) in [5.41, 5.74) is 0. The van der Waals surface area contributed by atoms with E-state index in [9.17, 15) is 14.4 Å². The summed E-state index contributed by atoms with van der Waals surface area (Å²) in [5.74, 6) is -1.01. The van der Waals surface area contributed by atoms with E-state index in [2.05, 4.69) is 203 Å².